The maximum absolute atomic E-state index is 13.6. The summed E-state index contributed by atoms with van der Waals surface area (Å²) in [5.41, 5.74) is 2.01. The lowest BCUT2D eigenvalue weighted by Crippen LogP contribution is -1.81. The van der Waals surface area contributed by atoms with Crippen LogP contribution in [0.4, 0.5) is 10.1 Å². The second kappa shape index (κ2) is 5.49. The van der Waals surface area contributed by atoms with Crippen molar-refractivity contribution in [3.05, 3.63) is 51.9 Å². The fourth-order valence-electron chi connectivity index (χ4n) is 1.47. The van der Waals surface area contributed by atoms with Crippen LogP contribution in [-0.2, 0) is 0 Å². The average molecular weight is 355 g/mol. The Balaban J connectivity index is 2.44. The van der Waals surface area contributed by atoms with Gasteiger partial charge in [-0.15, -0.1) is 0 Å². The summed E-state index contributed by atoms with van der Waals surface area (Å²) in [6.07, 6.45) is 0. The quantitative estimate of drug-likeness (QED) is 0.427. The Labute approximate surface area is 118 Å². The van der Waals surface area contributed by atoms with E-state index in [0.29, 0.717) is 0 Å². The molecule has 84 valence electrons. The van der Waals surface area contributed by atoms with Crippen LogP contribution in [0.2, 0.25) is 0 Å². The second-order valence-corrected chi connectivity index (χ2v) is 4.80. The zero-order chi connectivity index (χ0) is 12.3. The maximum Gasteiger partial charge on any atom is 0.150 e. The number of rotatable bonds is 2. The first-order valence-electron chi connectivity index (χ1n) is 4.84. The lowest BCUT2D eigenvalue weighted by molar-refractivity contribution is 0.630. The Bertz CT molecular complexity index is 589. The molecule has 0 fully saturated rings. The van der Waals surface area contributed by atoms with Crippen LogP contribution in [0.15, 0.2) is 47.5 Å². The molecule has 0 aliphatic heterocycles. The molecule has 0 atom stereocenters. The maximum atomic E-state index is 13.6. The largest absolute Gasteiger partial charge is 0.205 e. The Morgan fingerprint density at radius 1 is 1.06 bits per heavy atom. The van der Waals surface area contributed by atoms with E-state index >= 15 is 0 Å². The summed E-state index contributed by atoms with van der Waals surface area (Å²) >= 11 is 6.68. The Morgan fingerprint density at radius 3 is 2.29 bits per heavy atom. The van der Waals surface area contributed by atoms with Gasteiger partial charge in [0.15, 0.2) is 0 Å². The minimum absolute atomic E-state index is 0.217. The molecule has 0 aliphatic carbocycles. The third-order valence-electron chi connectivity index (χ3n) is 2.29. The van der Waals surface area contributed by atoms with Crippen LogP contribution >= 0.6 is 34.8 Å². The molecule has 0 saturated carbocycles. The number of benzene rings is 2. The number of aliphatic imine (C=N–C) groups is 1. The third-order valence-corrected chi connectivity index (χ3v) is 3.10. The normalized spacial score (nSPS) is 9.76. The first kappa shape index (κ1) is 12.4. The van der Waals surface area contributed by atoms with Crippen LogP contribution in [0.25, 0.3) is 11.1 Å². The Kier molecular flexibility index (Phi) is 3.99. The summed E-state index contributed by atoms with van der Waals surface area (Å²) in [6, 6.07) is 12.7. The molecule has 0 radical (unpaired) electrons. The zero-order valence-corrected chi connectivity index (χ0v) is 11.6. The SMILES string of the molecule is Fc1cc(-c2ccc(I)cc2)ccc1N=C=S. The molecule has 1 nitrogen and oxygen atoms in total. The summed E-state index contributed by atoms with van der Waals surface area (Å²) in [7, 11) is 0. The van der Waals surface area contributed by atoms with Gasteiger partial charge in [0.25, 0.3) is 0 Å². The smallest absolute Gasteiger partial charge is 0.150 e. The van der Waals surface area contributed by atoms with Crippen LogP contribution in [-0.4, -0.2) is 5.16 Å². The van der Waals surface area contributed by atoms with Crippen molar-refractivity contribution in [2.45, 2.75) is 0 Å². The summed E-state index contributed by atoms with van der Waals surface area (Å²) < 4.78 is 14.8. The number of halogens is 2. The molecule has 2 rings (SSSR count). The second-order valence-electron chi connectivity index (χ2n) is 3.38. The van der Waals surface area contributed by atoms with E-state index in [1.165, 1.54) is 6.07 Å². The van der Waals surface area contributed by atoms with E-state index in [-0.39, 0.29) is 5.69 Å². The Morgan fingerprint density at radius 2 is 1.71 bits per heavy atom. The summed E-state index contributed by atoms with van der Waals surface area (Å²) in [6.45, 7) is 0. The van der Waals surface area contributed by atoms with Crippen molar-refractivity contribution in [1.82, 2.24) is 0 Å². The van der Waals surface area contributed by atoms with Crippen LogP contribution < -0.4 is 0 Å². The lowest BCUT2D eigenvalue weighted by atomic mass is 10.1. The average Bonchev–Trinajstić information content (AvgIpc) is 2.33. The van der Waals surface area contributed by atoms with E-state index in [0.717, 1.165) is 14.7 Å². The van der Waals surface area contributed by atoms with E-state index in [4.69, 9.17) is 0 Å². The molecule has 17 heavy (non-hydrogen) atoms. The standard InChI is InChI=1S/C13H7FINS/c14-12-7-10(3-6-13(12)16-8-17)9-1-4-11(15)5-2-9/h1-7H. The van der Waals surface area contributed by atoms with Gasteiger partial charge < -0.3 is 0 Å². The molecule has 2 aromatic rings. The van der Waals surface area contributed by atoms with E-state index in [9.17, 15) is 4.39 Å². The number of nitrogens with zero attached hydrogens (tertiary/aromatic N) is 1. The van der Waals surface area contributed by atoms with Crippen LogP contribution in [0.3, 0.4) is 0 Å². The van der Waals surface area contributed by atoms with Gasteiger partial charge in [-0.25, -0.2) is 4.39 Å². The van der Waals surface area contributed by atoms with Gasteiger partial charge in [0, 0.05) is 3.57 Å². The minimum Gasteiger partial charge on any atom is -0.205 e. The molecule has 0 aromatic heterocycles. The highest BCUT2D eigenvalue weighted by Gasteiger charge is 2.04. The predicted octanol–water partition coefficient (Wildman–Crippen LogP) is 4.83. The summed E-state index contributed by atoms with van der Waals surface area (Å²) in [4.78, 5) is 3.64. The van der Waals surface area contributed by atoms with E-state index in [1.807, 2.05) is 30.3 Å². The summed E-state index contributed by atoms with van der Waals surface area (Å²) in [5.74, 6) is -0.390. The van der Waals surface area contributed by atoms with Gasteiger partial charge >= 0.3 is 0 Å². The molecule has 0 aliphatic rings. The summed E-state index contributed by atoms with van der Waals surface area (Å²) in [5, 5.41) is 2.16. The number of hydrogen-bond acceptors (Lipinski definition) is 2. The fourth-order valence-corrected chi connectivity index (χ4v) is 1.93. The molecule has 0 heterocycles. The van der Waals surface area contributed by atoms with E-state index < -0.39 is 5.82 Å². The van der Waals surface area contributed by atoms with Crippen LogP contribution in [0.5, 0.6) is 0 Å². The van der Waals surface area contributed by atoms with Crippen LogP contribution in [0.1, 0.15) is 0 Å². The van der Waals surface area contributed by atoms with Gasteiger partial charge in [-0.2, -0.15) is 4.99 Å². The van der Waals surface area contributed by atoms with Gasteiger partial charge in [-0.05, 0) is 70.2 Å². The molecular weight excluding hydrogens is 348 g/mol. The van der Waals surface area contributed by atoms with Crippen molar-refractivity contribution in [2.24, 2.45) is 4.99 Å². The molecule has 2 aromatic carbocycles. The van der Waals surface area contributed by atoms with Crippen molar-refractivity contribution < 1.29 is 4.39 Å². The van der Waals surface area contributed by atoms with E-state index in [2.05, 4.69) is 45.0 Å². The highest BCUT2D eigenvalue weighted by Crippen LogP contribution is 2.26. The van der Waals surface area contributed by atoms with Crippen molar-refractivity contribution in [1.29, 1.82) is 0 Å². The highest BCUT2D eigenvalue weighted by molar-refractivity contribution is 14.1. The molecule has 4 heteroatoms. The van der Waals surface area contributed by atoms with Crippen LogP contribution in [0, 0.1) is 9.39 Å². The van der Waals surface area contributed by atoms with E-state index in [1.54, 1.807) is 6.07 Å². The fraction of sp³-hybridized carbons (Fsp3) is 0. The number of isothiocyanates is 1. The zero-order valence-electron chi connectivity index (χ0n) is 8.65. The van der Waals surface area contributed by atoms with Crippen molar-refractivity contribution in [3.8, 4) is 11.1 Å². The van der Waals surface area contributed by atoms with Gasteiger partial charge in [0.2, 0.25) is 0 Å². The topological polar surface area (TPSA) is 12.4 Å². The molecule has 0 amide bonds. The van der Waals surface area contributed by atoms with Gasteiger partial charge in [-0.3, -0.25) is 0 Å². The first-order valence-corrected chi connectivity index (χ1v) is 6.33. The van der Waals surface area contributed by atoms with Gasteiger partial charge in [0.1, 0.15) is 11.5 Å². The van der Waals surface area contributed by atoms with Crippen molar-refractivity contribution >= 4 is 45.7 Å². The molecule has 0 spiro atoms. The monoisotopic (exact) mass is 355 g/mol. The first-order chi connectivity index (χ1) is 8.20. The molecule has 0 saturated heterocycles. The third kappa shape index (κ3) is 2.97. The number of thiocarbonyl (C=S) groups is 1. The molecule has 0 N–H and O–H groups in total. The van der Waals surface area contributed by atoms with Gasteiger partial charge in [0.05, 0.1) is 5.16 Å². The molecular formula is C13H7FINS. The van der Waals surface area contributed by atoms with Gasteiger partial charge in [-0.1, -0.05) is 18.2 Å². The highest BCUT2D eigenvalue weighted by atomic mass is 127. The minimum atomic E-state index is -0.390. The number of hydrogen-bond donors (Lipinski definition) is 0. The van der Waals surface area contributed by atoms with Crippen molar-refractivity contribution in [3.63, 3.8) is 0 Å². The molecule has 0 unspecified atom stereocenters. The lowest BCUT2D eigenvalue weighted by Gasteiger charge is -2.03. The predicted molar refractivity (Wildman–Crippen MR) is 79.2 cm³/mol. The Hall–Kier alpha value is -1.10. The molecule has 0 bridgehead atoms. The van der Waals surface area contributed by atoms with Crippen molar-refractivity contribution in [2.75, 3.05) is 0 Å².